The Morgan fingerprint density at radius 2 is 2.00 bits per heavy atom. The molecule has 4 rings (SSSR count). The summed E-state index contributed by atoms with van der Waals surface area (Å²) in [6.07, 6.45) is 0. The minimum Gasteiger partial charge on any atom is -0.325 e. The van der Waals surface area contributed by atoms with Gasteiger partial charge in [0.2, 0.25) is 5.91 Å². The molecule has 0 aliphatic rings. The summed E-state index contributed by atoms with van der Waals surface area (Å²) in [5, 5.41) is 11.3. The maximum Gasteiger partial charge on any atom is 0.237 e. The lowest BCUT2D eigenvalue weighted by molar-refractivity contribution is -0.115. The lowest BCUT2D eigenvalue weighted by Crippen LogP contribution is -2.23. The van der Waals surface area contributed by atoms with Gasteiger partial charge in [-0.15, -0.1) is 21.5 Å². The van der Waals surface area contributed by atoms with Crippen LogP contribution in [0.5, 0.6) is 0 Å². The standard InChI is InChI=1S/C21H19F2N5OS3/c1-3-28-18(11-30-21-25-16-6-4-5-7-17(16)32-21)26-27-20(28)31-12(2)19(29)24-13-8-9-14(22)15(23)10-13/h4-10,12H,3,11H2,1-2H3,(H,24,29). The van der Waals surface area contributed by atoms with Crippen LogP contribution in [0.25, 0.3) is 10.2 Å². The van der Waals surface area contributed by atoms with E-state index in [1.54, 1.807) is 30.0 Å². The van der Waals surface area contributed by atoms with Gasteiger partial charge in [0.1, 0.15) is 5.82 Å². The molecule has 1 unspecified atom stereocenters. The fourth-order valence-electron chi connectivity index (χ4n) is 2.90. The molecule has 1 N–H and O–H groups in total. The highest BCUT2D eigenvalue weighted by Gasteiger charge is 2.20. The highest BCUT2D eigenvalue weighted by Crippen LogP contribution is 2.32. The van der Waals surface area contributed by atoms with Crippen molar-refractivity contribution in [2.45, 2.75) is 40.9 Å². The molecule has 0 saturated heterocycles. The molecule has 6 nitrogen and oxygen atoms in total. The molecule has 0 radical (unpaired) electrons. The predicted octanol–water partition coefficient (Wildman–Crippen LogP) is 5.60. The van der Waals surface area contributed by atoms with Gasteiger partial charge in [-0.25, -0.2) is 13.8 Å². The molecule has 11 heteroatoms. The van der Waals surface area contributed by atoms with Crippen LogP contribution in [0, 0.1) is 11.6 Å². The number of amides is 1. The van der Waals surface area contributed by atoms with Crippen molar-refractivity contribution < 1.29 is 13.6 Å². The largest absolute Gasteiger partial charge is 0.325 e. The van der Waals surface area contributed by atoms with Crippen LogP contribution in [0.1, 0.15) is 19.7 Å². The Labute approximate surface area is 195 Å². The highest BCUT2D eigenvalue weighted by molar-refractivity contribution is 8.00. The van der Waals surface area contributed by atoms with Crippen molar-refractivity contribution in [2.24, 2.45) is 0 Å². The van der Waals surface area contributed by atoms with Crippen LogP contribution in [0.15, 0.2) is 52.0 Å². The summed E-state index contributed by atoms with van der Waals surface area (Å²) in [6, 6.07) is 11.3. The van der Waals surface area contributed by atoms with Gasteiger partial charge in [0, 0.05) is 18.3 Å². The van der Waals surface area contributed by atoms with Gasteiger partial charge in [0.15, 0.2) is 21.1 Å². The number of rotatable bonds is 8. The van der Waals surface area contributed by atoms with Crippen LogP contribution < -0.4 is 5.32 Å². The lowest BCUT2D eigenvalue weighted by Gasteiger charge is -2.13. The first kappa shape index (κ1) is 22.7. The number of fused-ring (bicyclic) bond motifs is 1. The molecule has 166 valence electrons. The average molecular weight is 492 g/mol. The zero-order valence-electron chi connectivity index (χ0n) is 17.2. The fourth-order valence-corrected chi connectivity index (χ4v) is 5.84. The number of hydrogen-bond donors (Lipinski definition) is 1. The minimum absolute atomic E-state index is 0.200. The highest BCUT2D eigenvalue weighted by atomic mass is 32.2. The van der Waals surface area contributed by atoms with Gasteiger partial charge in [-0.2, -0.15) is 0 Å². The quantitative estimate of drug-likeness (QED) is 0.324. The van der Waals surface area contributed by atoms with E-state index in [0.29, 0.717) is 17.5 Å². The molecule has 0 spiro atoms. The zero-order chi connectivity index (χ0) is 22.7. The number of hydrogen-bond acceptors (Lipinski definition) is 7. The molecule has 4 aromatic rings. The molecule has 0 aliphatic carbocycles. The van der Waals surface area contributed by atoms with E-state index in [9.17, 15) is 13.6 Å². The van der Waals surface area contributed by atoms with E-state index >= 15 is 0 Å². The molecule has 1 amide bonds. The molecule has 1 atom stereocenters. The van der Waals surface area contributed by atoms with Gasteiger partial charge in [0.05, 0.1) is 21.2 Å². The molecule has 0 bridgehead atoms. The van der Waals surface area contributed by atoms with E-state index in [1.807, 2.05) is 35.8 Å². The topological polar surface area (TPSA) is 72.7 Å². The molecule has 32 heavy (non-hydrogen) atoms. The number of halogens is 2. The summed E-state index contributed by atoms with van der Waals surface area (Å²) in [5.41, 5.74) is 1.18. The Morgan fingerprint density at radius 1 is 1.19 bits per heavy atom. The number of carbonyl (C=O) groups excluding carboxylic acids is 1. The normalized spacial score (nSPS) is 12.2. The van der Waals surface area contributed by atoms with Crippen LogP contribution >= 0.6 is 34.9 Å². The summed E-state index contributed by atoms with van der Waals surface area (Å²) in [5.74, 6) is -0.900. The molecular weight excluding hydrogens is 472 g/mol. The number of nitrogens with zero attached hydrogens (tertiary/aromatic N) is 4. The van der Waals surface area contributed by atoms with Gasteiger partial charge < -0.3 is 9.88 Å². The molecule has 2 aromatic carbocycles. The van der Waals surface area contributed by atoms with Gasteiger partial charge in [-0.1, -0.05) is 35.7 Å². The SMILES string of the molecule is CCn1c(CSc2nc3ccccc3s2)nnc1SC(C)C(=O)Nc1ccc(F)c(F)c1. The maximum absolute atomic E-state index is 13.4. The molecule has 0 aliphatic heterocycles. The zero-order valence-corrected chi connectivity index (χ0v) is 19.7. The van der Waals surface area contributed by atoms with Crippen molar-refractivity contribution in [3.05, 3.63) is 59.9 Å². The third-order valence-corrected chi connectivity index (χ3v) is 7.80. The number of benzene rings is 2. The molecule has 0 saturated carbocycles. The van der Waals surface area contributed by atoms with E-state index in [4.69, 9.17) is 0 Å². The Kier molecular flexibility index (Phi) is 7.07. The summed E-state index contributed by atoms with van der Waals surface area (Å²) < 4.78 is 30.5. The number of nitrogens with one attached hydrogen (secondary N) is 1. The predicted molar refractivity (Wildman–Crippen MR) is 125 cm³/mol. The van der Waals surface area contributed by atoms with Crippen molar-refractivity contribution in [2.75, 3.05) is 5.32 Å². The number of carbonyl (C=O) groups is 1. The van der Waals surface area contributed by atoms with E-state index in [0.717, 1.165) is 32.5 Å². The average Bonchev–Trinajstić information content (AvgIpc) is 3.37. The van der Waals surface area contributed by atoms with Crippen LogP contribution in [0.2, 0.25) is 0 Å². The van der Waals surface area contributed by atoms with Crippen molar-refractivity contribution >= 4 is 56.7 Å². The Bertz CT molecular complexity index is 1230. The van der Waals surface area contributed by atoms with Gasteiger partial charge in [0.25, 0.3) is 0 Å². The molecular formula is C21H19F2N5OS3. The third-order valence-electron chi connectivity index (χ3n) is 4.55. The lowest BCUT2D eigenvalue weighted by atomic mass is 10.3. The number of aromatic nitrogens is 4. The summed E-state index contributed by atoms with van der Waals surface area (Å²) in [6.45, 7) is 4.37. The minimum atomic E-state index is -1.01. The first-order valence-electron chi connectivity index (χ1n) is 9.77. The monoisotopic (exact) mass is 491 g/mol. The summed E-state index contributed by atoms with van der Waals surface area (Å²) in [7, 11) is 0. The van der Waals surface area contributed by atoms with Gasteiger partial charge in [-0.3, -0.25) is 4.79 Å². The maximum atomic E-state index is 13.4. The summed E-state index contributed by atoms with van der Waals surface area (Å²) in [4.78, 5) is 17.1. The van der Waals surface area contributed by atoms with Crippen LogP contribution in [-0.2, 0) is 17.1 Å². The smallest absolute Gasteiger partial charge is 0.237 e. The van der Waals surface area contributed by atoms with Crippen molar-refractivity contribution in [1.29, 1.82) is 0 Å². The van der Waals surface area contributed by atoms with E-state index < -0.39 is 16.9 Å². The third kappa shape index (κ3) is 5.11. The number of thiazole rings is 1. The molecule has 0 fully saturated rings. The van der Waals surface area contributed by atoms with E-state index in [2.05, 4.69) is 20.5 Å². The van der Waals surface area contributed by atoms with Crippen LogP contribution in [-0.4, -0.2) is 30.9 Å². The number of thioether (sulfide) groups is 2. The first-order chi connectivity index (χ1) is 15.4. The van der Waals surface area contributed by atoms with Crippen molar-refractivity contribution in [3.63, 3.8) is 0 Å². The Balaban J connectivity index is 1.40. The first-order valence-corrected chi connectivity index (χ1v) is 12.5. The molecule has 2 aromatic heterocycles. The van der Waals surface area contributed by atoms with Crippen molar-refractivity contribution in [1.82, 2.24) is 19.7 Å². The van der Waals surface area contributed by atoms with Crippen LogP contribution in [0.3, 0.4) is 0 Å². The number of para-hydroxylation sites is 1. The second-order valence-electron chi connectivity index (χ2n) is 6.76. The van der Waals surface area contributed by atoms with E-state index in [-0.39, 0.29) is 11.6 Å². The fraction of sp³-hybridized carbons (Fsp3) is 0.238. The number of anilines is 1. The Hall–Kier alpha value is -2.50. The summed E-state index contributed by atoms with van der Waals surface area (Å²) >= 11 is 4.50. The van der Waals surface area contributed by atoms with Crippen LogP contribution in [0.4, 0.5) is 14.5 Å². The second-order valence-corrected chi connectivity index (χ2v) is 10.3. The van der Waals surface area contributed by atoms with Crippen molar-refractivity contribution in [3.8, 4) is 0 Å². The Morgan fingerprint density at radius 3 is 2.75 bits per heavy atom. The van der Waals surface area contributed by atoms with E-state index in [1.165, 1.54) is 17.8 Å². The second kappa shape index (κ2) is 9.97. The van der Waals surface area contributed by atoms with Gasteiger partial charge >= 0.3 is 0 Å². The molecule has 2 heterocycles. The van der Waals surface area contributed by atoms with Gasteiger partial charge in [-0.05, 0) is 38.1 Å².